The summed E-state index contributed by atoms with van der Waals surface area (Å²) in [6.07, 6.45) is 2.71. The summed E-state index contributed by atoms with van der Waals surface area (Å²) in [5.74, 6) is 0. The van der Waals surface area contributed by atoms with Crippen molar-refractivity contribution in [2.75, 3.05) is 19.3 Å². The first-order valence-electron chi connectivity index (χ1n) is 7.67. The van der Waals surface area contributed by atoms with Crippen molar-refractivity contribution in [3.05, 3.63) is 35.9 Å². The van der Waals surface area contributed by atoms with Crippen LogP contribution in [0.1, 0.15) is 26.3 Å². The van der Waals surface area contributed by atoms with E-state index in [9.17, 15) is 9.59 Å². The standard InChI is InChI=1S/C17H27N3O2S/c1-17(2,3)15(19-16(22)18-10-11-21)13-20(23-4)12-14-8-6-5-7-9-14/h5-9,11,15H,10,12-13H2,1-4H3,(H2,18,19,22)/t15-/m1/s1. The summed E-state index contributed by atoms with van der Waals surface area (Å²) in [5, 5.41) is 5.51. The molecule has 0 aromatic heterocycles. The zero-order chi connectivity index (χ0) is 17.3. The molecule has 0 aliphatic heterocycles. The molecule has 1 aromatic rings. The van der Waals surface area contributed by atoms with Crippen molar-refractivity contribution in [2.45, 2.75) is 33.4 Å². The summed E-state index contributed by atoms with van der Waals surface area (Å²) in [5.41, 5.74) is 1.14. The second-order valence-corrected chi connectivity index (χ2v) is 7.31. The number of nitrogens with zero attached hydrogens (tertiary/aromatic N) is 1. The Hall–Kier alpha value is -1.53. The summed E-state index contributed by atoms with van der Waals surface area (Å²) < 4.78 is 2.23. The van der Waals surface area contributed by atoms with Crippen LogP contribution in [-0.4, -0.2) is 42.0 Å². The Morgan fingerprint density at radius 3 is 2.48 bits per heavy atom. The van der Waals surface area contributed by atoms with Crippen LogP contribution in [0.15, 0.2) is 30.3 Å². The molecule has 0 saturated heterocycles. The van der Waals surface area contributed by atoms with Crippen LogP contribution in [0.5, 0.6) is 0 Å². The number of aldehydes is 1. The van der Waals surface area contributed by atoms with Crippen LogP contribution in [0.25, 0.3) is 0 Å². The molecule has 2 N–H and O–H groups in total. The molecule has 1 atom stereocenters. The van der Waals surface area contributed by atoms with E-state index in [1.807, 2.05) is 24.5 Å². The monoisotopic (exact) mass is 337 g/mol. The van der Waals surface area contributed by atoms with Gasteiger partial charge in [0.15, 0.2) is 0 Å². The minimum atomic E-state index is -0.308. The van der Waals surface area contributed by atoms with Gasteiger partial charge in [-0.05, 0) is 17.2 Å². The maximum absolute atomic E-state index is 11.9. The lowest BCUT2D eigenvalue weighted by molar-refractivity contribution is -0.107. The van der Waals surface area contributed by atoms with Crippen LogP contribution >= 0.6 is 11.9 Å². The van der Waals surface area contributed by atoms with E-state index in [1.54, 1.807) is 11.9 Å². The number of amides is 2. The molecule has 6 heteroatoms. The molecule has 0 saturated carbocycles. The fourth-order valence-electron chi connectivity index (χ4n) is 2.07. The van der Waals surface area contributed by atoms with Gasteiger partial charge in [-0.15, -0.1) is 0 Å². The van der Waals surface area contributed by atoms with E-state index in [0.717, 1.165) is 6.54 Å². The number of carbonyl (C=O) groups is 2. The highest BCUT2D eigenvalue weighted by Crippen LogP contribution is 2.23. The van der Waals surface area contributed by atoms with E-state index in [4.69, 9.17) is 0 Å². The Kier molecular flexibility index (Phi) is 8.12. The highest BCUT2D eigenvalue weighted by molar-refractivity contribution is 7.96. The number of rotatable bonds is 8. The largest absolute Gasteiger partial charge is 0.334 e. The molecule has 23 heavy (non-hydrogen) atoms. The van der Waals surface area contributed by atoms with Gasteiger partial charge in [-0.25, -0.2) is 9.10 Å². The van der Waals surface area contributed by atoms with Crippen molar-refractivity contribution < 1.29 is 9.59 Å². The Morgan fingerprint density at radius 1 is 1.30 bits per heavy atom. The van der Waals surface area contributed by atoms with Gasteiger partial charge >= 0.3 is 6.03 Å². The Morgan fingerprint density at radius 2 is 1.96 bits per heavy atom. The van der Waals surface area contributed by atoms with E-state index in [0.29, 0.717) is 12.8 Å². The highest BCUT2D eigenvalue weighted by Gasteiger charge is 2.28. The zero-order valence-electron chi connectivity index (χ0n) is 14.3. The molecule has 0 spiro atoms. The molecule has 0 heterocycles. The van der Waals surface area contributed by atoms with Crippen LogP contribution in [0.4, 0.5) is 4.79 Å². The van der Waals surface area contributed by atoms with Gasteiger partial charge in [-0.2, -0.15) is 0 Å². The first-order valence-corrected chi connectivity index (χ1v) is 8.86. The number of benzene rings is 1. The van der Waals surface area contributed by atoms with Crippen molar-refractivity contribution in [2.24, 2.45) is 5.41 Å². The van der Waals surface area contributed by atoms with Gasteiger partial charge in [0.25, 0.3) is 0 Å². The minimum Gasteiger partial charge on any atom is -0.334 e. The lowest BCUT2D eigenvalue weighted by Gasteiger charge is -2.35. The zero-order valence-corrected chi connectivity index (χ0v) is 15.2. The van der Waals surface area contributed by atoms with E-state index in [2.05, 4.69) is 47.8 Å². The quantitative estimate of drug-likeness (QED) is 0.565. The minimum absolute atomic E-state index is 0.0267. The Labute approximate surface area is 143 Å². The molecule has 128 valence electrons. The van der Waals surface area contributed by atoms with Gasteiger partial charge in [-0.3, -0.25) is 0 Å². The predicted octanol–water partition coefficient (Wildman–Crippen LogP) is 2.68. The smallest absolute Gasteiger partial charge is 0.315 e. The lowest BCUT2D eigenvalue weighted by Crippen LogP contribution is -2.52. The van der Waals surface area contributed by atoms with Crippen molar-refractivity contribution in [3.63, 3.8) is 0 Å². The van der Waals surface area contributed by atoms with Gasteiger partial charge < -0.3 is 15.4 Å². The van der Waals surface area contributed by atoms with Crippen LogP contribution < -0.4 is 10.6 Å². The third-order valence-corrected chi connectivity index (χ3v) is 4.34. The van der Waals surface area contributed by atoms with E-state index < -0.39 is 0 Å². The summed E-state index contributed by atoms with van der Waals surface area (Å²) in [7, 11) is 0. The second-order valence-electron chi connectivity index (χ2n) is 6.43. The first kappa shape index (κ1) is 19.5. The average molecular weight is 337 g/mol. The third-order valence-electron chi connectivity index (χ3n) is 3.54. The number of nitrogens with one attached hydrogen (secondary N) is 2. The molecule has 0 unspecified atom stereocenters. The molecular formula is C17H27N3O2S. The van der Waals surface area contributed by atoms with Gasteiger partial charge in [0.2, 0.25) is 0 Å². The average Bonchev–Trinajstić information content (AvgIpc) is 2.51. The van der Waals surface area contributed by atoms with Crippen molar-refractivity contribution in [3.8, 4) is 0 Å². The number of carbonyl (C=O) groups excluding carboxylic acids is 2. The molecule has 0 aliphatic carbocycles. The maximum Gasteiger partial charge on any atom is 0.315 e. The van der Waals surface area contributed by atoms with Gasteiger partial charge in [-0.1, -0.05) is 63.1 Å². The van der Waals surface area contributed by atoms with E-state index in [1.165, 1.54) is 5.56 Å². The van der Waals surface area contributed by atoms with Crippen LogP contribution in [-0.2, 0) is 11.3 Å². The number of hydrogen-bond donors (Lipinski definition) is 2. The Bertz CT molecular complexity index is 488. The number of urea groups is 1. The molecule has 1 aromatic carbocycles. The van der Waals surface area contributed by atoms with Crippen LogP contribution in [0.2, 0.25) is 0 Å². The van der Waals surface area contributed by atoms with Crippen molar-refractivity contribution in [1.29, 1.82) is 0 Å². The molecular weight excluding hydrogens is 310 g/mol. The molecule has 0 aliphatic rings. The molecule has 0 fully saturated rings. The molecule has 0 bridgehead atoms. The van der Waals surface area contributed by atoms with E-state index in [-0.39, 0.29) is 24.0 Å². The van der Waals surface area contributed by atoms with Gasteiger partial charge in [0.1, 0.15) is 6.29 Å². The Balaban J connectivity index is 2.70. The fourth-order valence-corrected chi connectivity index (χ4v) is 2.65. The van der Waals surface area contributed by atoms with E-state index >= 15 is 0 Å². The van der Waals surface area contributed by atoms with Gasteiger partial charge in [0, 0.05) is 19.1 Å². The maximum atomic E-state index is 11.9. The van der Waals surface area contributed by atoms with Gasteiger partial charge in [0.05, 0.1) is 6.54 Å². The number of hydrogen-bond acceptors (Lipinski definition) is 4. The highest BCUT2D eigenvalue weighted by atomic mass is 32.2. The second kappa shape index (κ2) is 9.57. The summed E-state index contributed by atoms with van der Waals surface area (Å²) in [6.45, 7) is 7.84. The third kappa shape index (κ3) is 7.52. The SMILES string of the molecule is CSN(Cc1ccccc1)C[C@@H](NC(=O)NCC=O)C(C)(C)C. The molecule has 1 rings (SSSR count). The molecule has 5 nitrogen and oxygen atoms in total. The van der Waals surface area contributed by atoms with Crippen molar-refractivity contribution >= 4 is 24.3 Å². The topological polar surface area (TPSA) is 61.4 Å². The predicted molar refractivity (Wildman–Crippen MR) is 96.2 cm³/mol. The van der Waals surface area contributed by atoms with Crippen molar-refractivity contribution in [1.82, 2.24) is 14.9 Å². The van der Waals surface area contributed by atoms with Crippen LogP contribution in [0, 0.1) is 5.41 Å². The summed E-state index contributed by atoms with van der Waals surface area (Å²) in [4.78, 5) is 22.2. The summed E-state index contributed by atoms with van der Waals surface area (Å²) in [6, 6.07) is 9.91. The van der Waals surface area contributed by atoms with Crippen LogP contribution in [0.3, 0.4) is 0 Å². The lowest BCUT2D eigenvalue weighted by atomic mass is 9.86. The fraction of sp³-hybridized carbons (Fsp3) is 0.529. The molecule has 2 amide bonds. The molecule has 0 radical (unpaired) electrons. The first-order chi connectivity index (χ1) is 10.9. The summed E-state index contributed by atoms with van der Waals surface area (Å²) >= 11 is 1.66. The normalized spacial score (nSPS) is 12.7.